The highest BCUT2D eigenvalue weighted by molar-refractivity contribution is 6.12. The van der Waals surface area contributed by atoms with Gasteiger partial charge in [-0.25, -0.2) is 17.6 Å². The lowest BCUT2D eigenvalue weighted by molar-refractivity contribution is -0.117. The molecule has 0 fully saturated rings. The summed E-state index contributed by atoms with van der Waals surface area (Å²) in [5, 5.41) is 3.91. The monoisotopic (exact) mass is 260 g/mol. The second-order valence-corrected chi connectivity index (χ2v) is 3.95. The predicted molar refractivity (Wildman–Crippen MR) is 56.2 cm³/mol. The van der Waals surface area contributed by atoms with Crippen molar-refractivity contribution in [2.75, 3.05) is 5.01 Å². The minimum atomic E-state index is -1.63. The Balaban J connectivity index is 2.69. The molecule has 7 heteroatoms. The van der Waals surface area contributed by atoms with Gasteiger partial charge in [0.25, 0.3) is 5.91 Å². The molecule has 18 heavy (non-hydrogen) atoms. The van der Waals surface area contributed by atoms with Gasteiger partial charge in [-0.05, 0) is 13.8 Å². The number of carbonyl (C=O) groups is 1. The fraction of sp³-hybridized carbons (Fsp3) is 0.273. The summed E-state index contributed by atoms with van der Waals surface area (Å²) in [4.78, 5) is 11.4. The molecule has 0 radical (unpaired) electrons. The molecule has 0 aromatic heterocycles. The number of carbonyl (C=O) groups excluding carboxylic acids is 1. The third-order valence-electron chi connectivity index (χ3n) is 2.59. The van der Waals surface area contributed by atoms with E-state index < -0.39 is 40.4 Å². The van der Waals surface area contributed by atoms with Crippen molar-refractivity contribution < 1.29 is 22.4 Å². The van der Waals surface area contributed by atoms with Gasteiger partial charge in [-0.3, -0.25) is 4.79 Å². The van der Waals surface area contributed by atoms with Crippen LogP contribution in [0.25, 0.3) is 0 Å². The molecule has 1 aliphatic rings. The molecule has 0 bridgehead atoms. The zero-order chi connectivity index (χ0) is 13.6. The largest absolute Gasteiger partial charge is 0.272 e. The van der Waals surface area contributed by atoms with Crippen molar-refractivity contribution in [3.8, 4) is 0 Å². The van der Waals surface area contributed by atoms with Gasteiger partial charge >= 0.3 is 0 Å². The van der Waals surface area contributed by atoms with E-state index in [0.717, 1.165) is 6.92 Å². The van der Waals surface area contributed by atoms with Crippen LogP contribution >= 0.6 is 0 Å². The molecule has 0 spiro atoms. The first-order valence-electron chi connectivity index (χ1n) is 5.04. The maximum atomic E-state index is 13.6. The Morgan fingerprint density at radius 2 is 1.50 bits per heavy atom. The highest BCUT2D eigenvalue weighted by Gasteiger charge is 2.33. The lowest BCUT2D eigenvalue weighted by Crippen LogP contribution is -2.23. The molecule has 1 aromatic rings. The van der Waals surface area contributed by atoms with E-state index in [9.17, 15) is 22.4 Å². The summed E-state index contributed by atoms with van der Waals surface area (Å²) in [6, 6.07) is 0. The fourth-order valence-electron chi connectivity index (χ4n) is 1.65. The van der Waals surface area contributed by atoms with Crippen LogP contribution in [0.15, 0.2) is 5.10 Å². The summed E-state index contributed by atoms with van der Waals surface area (Å²) in [6.45, 7) is 2.37. The van der Waals surface area contributed by atoms with Crippen LogP contribution in [0.2, 0.25) is 0 Å². The summed E-state index contributed by atoms with van der Waals surface area (Å²) in [5.41, 5.74) is -1.58. The van der Waals surface area contributed by atoms with E-state index in [1.54, 1.807) is 0 Å². The number of hydrogen-bond donors (Lipinski definition) is 0. The van der Waals surface area contributed by atoms with Crippen molar-refractivity contribution in [1.29, 1.82) is 0 Å². The van der Waals surface area contributed by atoms with E-state index in [4.69, 9.17) is 0 Å². The second-order valence-electron chi connectivity index (χ2n) is 3.95. The maximum Gasteiger partial charge on any atom is 0.253 e. The molecule has 0 atom stereocenters. The molecule has 0 saturated heterocycles. The molecule has 1 heterocycles. The van der Waals surface area contributed by atoms with Crippen molar-refractivity contribution in [3.63, 3.8) is 0 Å². The molecule has 0 aliphatic carbocycles. The van der Waals surface area contributed by atoms with Gasteiger partial charge in [-0.2, -0.15) is 10.1 Å². The summed E-state index contributed by atoms with van der Waals surface area (Å²) < 4.78 is 53.9. The molecule has 1 aliphatic heterocycles. The van der Waals surface area contributed by atoms with Gasteiger partial charge in [0.1, 0.15) is 5.69 Å². The number of amides is 1. The van der Waals surface area contributed by atoms with Gasteiger partial charge in [0, 0.05) is 11.3 Å². The van der Waals surface area contributed by atoms with Gasteiger partial charge in [-0.15, -0.1) is 0 Å². The summed E-state index contributed by atoms with van der Waals surface area (Å²) in [5.74, 6) is -7.06. The zero-order valence-corrected chi connectivity index (χ0v) is 9.52. The van der Waals surface area contributed by atoms with E-state index in [1.165, 1.54) is 6.92 Å². The minimum absolute atomic E-state index is 0.143. The van der Waals surface area contributed by atoms with E-state index >= 15 is 0 Å². The van der Waals surface area contributed by atoms with Gasteiger partial charge in [0.05, 0.1) is 6.42 Å². The van der Waals surface area contributed by atoms with Crippen molar-refractivity contribution in [2.45, 2.75) is 20.3 Å². The Hall–Kier alpha value is -1.92. The fourth-order valence-corrected chi connectivity index (χ4v) is 1.65. The molecule has 0 saturated carbocycles. The topological polar surface area (TPSA) is 32.7 Å². The third-order valence-corrected chi connectivity index (χ3v) is 2.59. The molecule has 2 rings (SSSR count). The van der Waals surface area contributed by atoms with Gasteiger partial charge in [0.15, 0.2) is 23.3 Å². The number of nitrogens with zero attached hydrogens (tertiary/aromatic N) is 2. The Labute approximate surface area is 99.7 Å². The first-order valence-corrected chi connectivity index (χ1v) is 5.04. The number of benzene rings is 1. The normalized spacial score (nSPS) is 15.3. The standard InChI is InChI=1S/C11H8F4N2O/c1-4-3-6(18)17(16-4)11-9(14)7(12)5(2)8(13)10(11)15/h3H2,1-2H3. The summed E-state index contributed by atoms with van der Waals surface area (Å²) in [7, 11) is 0. The van der Waals surface area contributed by atoms with Crippen LogP contribution in [0.3, 0.4) is 0 Å². The van der Waals surface area contributed by atoms with E-state index in [-0.39, 0.29) is 6.42 Å². The van der Waals surface area contributed by atoms with Crippen LogP contribution in [0.5, 0.6) is 0 Å². The summed E-state index contributed by atoms with van der Waals surface area (Å²) >= 11 is 0. The van der Waals surface area contributed by atoms with E-state index in [0.29, 0.717) is 10.7 Å². The van der Waals surface area contributed by atoms with Crippen LogP contribution in [0.4, 0.5) is 23.2 Å². The summed E-state index contributed by atoms with van der Waals surface area (Å²) in [6.07, 6.45) is -0.143. The highest BCUT2D eigenvalue weighted by atomic mass is 19.2. The predicted octanol–water partition coefficient (Wildman–Crippen LogP) is 2.66. The first kappa shape index (κ1) is 12.5. The second kappa shape index (κ2) is 4.08. The average molecular weight is 260 g/mol. The van der Waals surface area contributed by atoms with Crippen LogP contribution in [-0.2, 0) is 4.79 Å². The zero-order valence-electron chi connectivity index (χ0n) is 9.52. The third kappa shape index (κ3) is 1.66. The van der Waals surface area contributed by atoms with Gasteiger partial charge < -0.3 is 0 Å². The molecule has 3 nitrogen and oxygen atoms in total. The first-order chi connectivity index (χ1) is 8.34. The quantitative estimate of drug-likeness (QED) is 0.564. The molecule has 0 unspecified atom stereocenters. The van der Waals surface area contributed by atoms with Crippen LogP contribution in [0, 0.1) is 30.2 Å². The van der Waals surface area contributed by atoms with Crippen molar-refractivity contribution >= 4 is 17.3 Å². The number of halogens is 4. The minimum Gasteiger partial charge on any atom is -0.272 e. The van der Waals surface area contributed by atoms with Crippen LogP contribution in [0.1, 0.15) is 18.9 Å². The van der Waals surface area contributed by atoms with Crippen molar-refractivity contribution in [2.24, 2.45) is 5.10 Å². The Morgan fingerprint density at radius 1 is 1.00 bits per heavy atom. The van der Waals surface area contributed by atoms with Crippen molar-refractivity contribution in [3.05, 3.63) is 28.8 Å². The number of rotatable bonds is 1. The molecular weight excluding hydrogens is 252 g/mol. The molecule has 96 valence electrons. The SMILES string of the molecule is CC1=NN(c2c(F)c(F)c(C)c(F)c2F)C(=O)C1. The number of hydrogen-bond acceptors (Lipinski definition) is 2. The molecule has 1 aromatic carbocycles. The van der Waals surface area contributed by atoms with Crippen LogP contribution < -0.4 is 5.01 Å². The van der Waals surface area contributed by atoms with Crippen molar-refractivity contribution in [1.82, 2.24) is 0 Å². The molecule has 0 N–H and O–H groups in total. The number of hydrazone groups is 1. The smallest absolute Gasteiger partial charge is 0.253 e. The Morgan fingerprint density at radius 3 is 1.89 bits per heavy atom. The highest BCUT2D eigenvalue weighted by Crippen LogP contribution is 2.32. The van der Waals surface area contributed by atoms with E-state index in [1.807, 2.05) is 0 Å². The molecular formula is C11H8F4N2O. The van der Waals surface area contributed by atoms with E-state index in [2.05, 4.69) is 5.10 Å². The Bertz CT molecular complexity index is 554. The van der Waals surface area contributed by atoms with Gasteiger partial charge in [-0.1, -0.05) is 0 Å². The Kier molecular flexibility index (Phi) is 2.84. The van der Waals surface area contributed by atoms with Crippen LogP contribution in [-0.4, -0.2) is 11.6 Å². The lowest BCUT2D eigenvalue weighted by atomic mass is 10.1. The van der Waals surface area contributed by atoms with Gasteiger partial charge in [0.2, 0.25) is 0 Å². The number of anilines is 1. The average Bonchev–Trinajstić information content (AvgIpc) is 2.64. The molecule has 1 amide bonds. The lowest BCUT2D eigenvalue weighted by Gasteiger charge is -2.15. The maximum absolute atomic E-state index is 13.6.